The molecule has 0 aliphatic rings. The van der Waals surface area contributed by atoms with Crippen molar-refractivity contribution in [1.82, 2.24) is 9.88 Å². The second kappa shape index (κ2) is 5.56. The van der Waals surface area contributed by atoms with Crippen molar-refractivity contribution in [2.45, 2.75) is 13.3 Å². The molecule has 1 aromatic heterocycles. The highest BCUT2D eigenvalue weighted by Gasteiger charge is 2.08. The highest BCUT2D eigenvalue weighted by atomic mass is 19.1. The van der Waals surface area contributed by atoms with Gasteiger partial charge in [0.1, 0.15) is 11.5 Å². The Balaban J connectivity index is 2.50. The molecule has 1 heterocycles. The molecule has 0 amide bonds. The zero-order chi connectivity index (χ0) is 11.3. The average Bonchev–Trinajstić information content (AvgIpc) is 2.26. The summed E-state index contributed by atoms with van der Waals surface area (Å²) in [6.45, 7) is 3.64. The van der Waals surface area contributed by atoms with E-state index in [2.05, 4.69) is 4.98 Å². The Morgan fingerprint density at radius 2 is 2.27 bits per heavy atom. The summed E-state index contributed by atoms with van der Waals surface area (Å²) >= 11 is 0. The molecule has 1 aromatic rings. The average molecular weight is 210 g/mol. The van der Waals surface area contributed by atoms with Gasteiger partial charge in [0.2, 0.25) is 0 Å². The summed E-state index contributed by atoms with van der Waals surface area (Å²) in [6, 6.07) is 2.67. The second-order valence-corrected chi connectivity index (χ2v) is 3.43. The fraction of sp³-hybridized carbons (Fsp3) is 0.455. The molecule has 0 unspecified atom stereocenters. The molecular formula is C11H15FN2O. The van der Waals surface area contributed by atoms with Crippen LogP contribution in [0.4, 0.5) is 4.39 Å². The molecule has 0 spiro atoms. The van der Waals surface area contributed by atoms with Crippen LogP contribution in [-0.4, -0.2) is 35.8 Å². The summed E-state index contributed by atoms with van der Waals surface area (Å²) in [5, 5.41) is 0. The van der Waals surface area contributed by atoms with Crippen LogP contribution in [0.25, 0.3) is 0 Å². The molecule has 0 aliphatic heterocycles. The minimum absolute atomic E-state index is 0.0460. The van der Waals surface area contributed by atoms with Gasteiger partial charge in [-0.3, -0.25) is 9.78 Å². The van der Waals surface area contributed by atoms with Gasteiger partial charge in [0, 0.05) is 13.0 Å². The van der Waals surface area contributed by atoms with Crippen molar-refractivity contribution in [3.8, 4) is 0 Å². The van der Waals surface area contributed by atoms with E-state index in [9.17, 15) is 9.18 Å². The van der Waals surface area contributed by atoms with Crippen molar-refractivity contribution in [2.24, 2.45) is 0 Å². The summed E-state index contributed by atoms with van der Waals surface area (Å²) in [5.41, 5.74) is 0.334. The molecule has 0 radical (unpaired) electrons. The Bertz CT molecular complexity index is 324. The number of ketones is 1. The van der Waals surface area contributed by atoms with Crippen LogP contribution in [0.2, 0.25) is 0 Å². The number of pyridine rings is 1. The lowest BCUT2D eigenvalue weighted by Gasteiger charge is -2.12. The van der Waals surface area contributed by atoms with Crippen LogP contribution < -0.4 is 0 Å². The van der Waals surface area contributed by atoms with E-state index in [1.807, 2.05) is 18.9 Å². The van der Waals surface area contributed by atoms with Crippen LogP contribution in [0, 0.1) is 5.82 Å². The van der Waals surface area contributed by atoms with Crippen molar-refractivity contribution in [3.63, 3.8) is 0 Å². The number of hydrogen-bond acceptors (Lipinski definition) is 3. The van der Waals surface area contributed by atoms with E-state index in [0.29, 0.717) is 18.7 Å². The van der Waals surface area contributed by atoms with Crippen LogP contribution in [0.3, 0.4) is 0 Å². The Morgan fingerprint density at radius 3 is 2.80 bits per heavy atom. The lowest BCUT2D eigenvalue weighted by atomic mass is 10.2. The first kappa shape index (κ1) is 11.8. The van der Waals surface area contributed by atoms with Gasteiger partial charge in [0.05, 0.1) is 6.20 Å². The van der Waals surface area contributed by atoms with Crippen molar-refractivity contribution < 1.29 is 9.18 Å². The van der Waals surface area contributed by atoms with Gasteiger partial charge in [-0.1, -0.05) is 6.92 Å². The normalized spacial score (nSPS) is 10.7. The standard InChI is InChI=1S/C11H15FN2O/c1-3-14(2)7-6-11(15)10-5-4-9(12)8-13-10/h4-5,8H,3,6-7H2,1-2H3. The van der Waals surface area contributed by atoms with Gasteiger partial charge in [-0.15, -0.1) is 0 Å². The molecule has 0 fully saturated rings. The van der Waals surface area contributed by atoms with Crippen molar-refractivity contribution in [3.05, 3.63) is 29.8 Å². The summed E-state index contributed by atoms with van der Waals surface area (Å²) in [5.74, 6) is -0.465. The van der Waals surface area contributed by atoms with E-state index in [0.717, 1.165) is 12.7 Å². The molecule has 3 nitrogen and oxygen atoms in total. The zero-order valence-corrected chi connectivity index (χ0v) is 9.03. The van der Waals surface area contributed by atoms with E-state index < -0.39 is 5.82 Å². The smallest absolute Gasteiger partial charge is 0.182 e. The van der Waals surface area contributed by atoms with E-state index in [-0.39, 0.29) is 5.78 Å². The maximum Gasteiger partial charge on any atom is 0.182 e. The summed E-state index contributed by atoms with van der Waals surface area (Å²) in [6.07, 6.45) is 1.49. The fourth-order valence-corrected chi connectivity index (χ4v) is 1.12. The molecule has 1 rings (SSSR count). The Kier molecular flexibility index (Phi) is 4.37. The number of carbonyl (C=O) groups excluding carboxylic acids is 1. The van der Waals surface area contributed by atoms with E-state index in [1.54, 1.807) is 0 Å². The van der Waals surface area contributed by atoms with Gasteiger partial charge < -0.3 is 4.90 Å². The van der Waals surface area contributed by atoms with Crippen molar-refractivity contribution in [1.29, 1.82) is 0 Å². The summed E-state index contributed by atoms with van der Waals surface area (Å²) < 4.78 is 12.5. The van der Waals surface area contributed by atoms with Gasteiger partial charge in [-0.05, 0) is 25.7 Å². The minimum Gasteiger partial charge on any atom is -0.306 e. The number of Topliss-reactive ketones (excluding diaryl/α,β-unsaturated/α-hetero) is 1. The highest BCUT2D eigenvalue weighted by molar-refractivity contribution is 5.94. The van der Waals surface area contributed by atoms with Gasteiger partial charge in [0.15, 0.2) is 5.78 Å². The topological polar surface area (TPSA) is 33.2 Å². The van der Waals surface area contributed by atoms with Gasteiger partial charge in [0.25, 0.3) is 0 Å². The maximum absolute atomic E-state index is 12.5. The zero-order valence-electron chi connectivity index (χ0n) is 9.03. The Morgan fingerprint density at radius 1 is 1.53 bits per heavy atom. The molecular weight excluding hydrogens is 195 g/mol. The second-order valence-electron chi connectivity index (χ2n) is 3.43. The first-order valence-corrected chi connectivity index (χ1v) is 4.96. The number of carbonyl (C=O) groups is 1. The first-order chi connectivity index (χ1) is 7.13. The molecule has 0 saturated heterocycles. The van der Waals surface area contributed by atoms with Crippen LogP contribution in [0.15, 0.2) is 18.3 Å². The van der Waals surface area contributed by atoms with Crippen LogP contribution in [-0.2, 0) is 0 Å². The molecule has 0 atom stereocenters. The lowest BCUT2D eigenvalue weighted by Crippen LogP contribution is -2.21. The molecule has 82 valence electrons. The van der Waals surface area contributed by atoms with E-state index in [1.165, 1.54) is 12.1 Å². The van der Waals surface area contributed by atoms with Crippen LogP contribution in [0.1, 0.15) is 23.8 Å². The molecule has 0 aromatic carbocycles. The minimum atomic E-state index is -0.419. The third-order valence-corrected chi connectivity index (χ3v) is 2.27. The summed E-state index contributed by atoms with van der Waals surface area (Å²) in [4.78, 5) is 17.3. The third kappa shape index (κ3) is 3.75. The maximum atomic E-state index is 12.5. The molecule has 0 aliphatic carbocycles. The molecule has 15 heavy (non-hydrogen) atoms. The largest absolute Gasteiger partial charge is 0.306 e. The van der Waals surface area contributed by atoms with E-state index >= 15 is 0 Å². The number of rotatable bonds is 5. The molecule has 4 heteroatoms. The summed E-state index contributed by atoms with van der Waals surface area (Å²) in [7, 11) is 1.95. The van der Waals surface area contributed by atoms with Gasteiger partial charge in [-0.25, -0.2) is 4.39 Å². The molecule has 0 bridgehead atoms. The number of aromatic nitrogens is 1. The van der Waals surface area contributed by atoms with Crippen molar-refractivity contribution >= 4 is 5.78 Å². The van der Waals surface area contributed by atoms with Gasteiger partial charge in [-0.2, -0.15) is 0 Å². The number of nitrogens with zero attached hydrogens (tertiary/aromatic N) is 2. The molecule has 0 N–H and O–H groups in total. The lowest BCUT2D eigenvalue weighted by molar-refractivity contribution is 0.0965. The highest BCUT2D eigenvalue weighted by Crippen LogP contribution is 2.02. The predicted octanol–water partition coefficient (Wildman–Crippen LogP) is 1.75. The number of hydrogen-bond donors (Lipinski definition) is 0. The molecule has 0 saturated carbocycles. The van der Waals surface area contributed by atoms with Crippen LogP contribution in [0.5, 0.6) is 0 Å². The Hall–Kier alpha value is -1.29. The van der Waals surface area contributed by atoms with Crippen LogP contribution >= 0.6 is 0 Å². The third-order valence-electron chi connectivity index (χ3n) is 2.27. The predicted molar refractivity (Wildman–Crippen MR) is 56.3 cm³/mol. The fourth-order valence-electron chi connectivity index (χ4n) is 1.12. The quantitative estimate of drug-likeness (QED) is 0.694. The monoisotopic (exact) mass is 210 g/mol. The first-order valence-electron chi connectivity index (χ1n) is 4.96. The van der Waals surface area contributed by atoms with Gasteiger partial charge >= 0.3 is 0 Å². The Labute approximate surface area is 88.9 Å². The SMILES string of the molecule is CCN(C)CCC(=O)c1ccc(F)cn1. The van der Waals surface area contributed by atoms with E-state index in [4.69, 9.17) is 0 Å². The van der Waals surface area contributed by atoms with Crippen molar-refractivity contribution in [2.75, 3.05) is 20.1 Å². The number of halogens is 1.